The van der Waals surface area contributed by atoms with E-state index in [9.17, 15) is 29.7 Å². The molecule has 0 aromatic heterocycles. The average Bonchev–Trinajstić information content (AvgIpc) is 2.57. The van der Waals surface area contributed by atoms with Gasteiger partial charge in [-0.05, 0) is 6.42 Å². The maximum Gasteiger partial charge on any atom is 0.321 e. The summed E-state index contributed by atoms with van der Waals surface area (Å²) in [4.78, 5) is 33.7. The van der Waals surface area contributed by atoms with Crippen LogP contribution in [0.25, 0.3) is 0 Å². The van der Waals surface area contributed by atoms with Crippen molar-refractivity contribution in [3.05, 3.63) is 0 Å². The molecular weight excluding hydrogens is 352 g/mol. The Morgan fingerprint density at radius 2 is 1.58 bits per heavy atom. The van der Waals surface area contributed by atoms with Gasteiger partial charge < -0.3 is 47.2 Å². The van der Waals surface area contributed by atoms with Crippen LogP contribution in [0, 0.1) is 5.41 Å². The highest BCUT2D eigenvalue weighted by molar-refractivity contribution is 5.89. The lowest BCUT2D eigenvalue weighted by Crippen LogP contribution is -2.60. The lowest BCUT2D eigenvalue weighted by molar-refractivity contribution is -0.152. The summed E-state index contributed by atoms with van der Waals surface area (Å²) in [6.45, 7) is -0.606. The van der Waals surface area contributed by atoms with Gasteiger partial charge in [0.25, 0.3) is 0 Å². The largest absolute Gasteiger partial charge is 0.480 e. The Kier molecular flexibility index (Phi) is 11.6. The molecule has 0 aliphatic rings. The molecule has 0 saturated heterocycles. The summed E-state index contributed by atoms with van der Waals surface area (Å²) in [5.74, 6) is -3.53. The van der Waals surface area contributed by atoms with Crippen LogP contribution in [-0.2, 0) is 14.4 Å². The van der Waals surface area contributed by atoms with Gasteiger partial charge >= 0.3 is 11.9 Å². The van der Waals surface area contributed by atoms with Crippen molar-refractivity contribution in [3.8, 4) is 0 Å². The van der Waals surface area contributed by atoms with Crippen molar-refractivity contribution in [2.45, 2.75) is 18.6 Å². The molecule has 26 heavy (non-hydrogen) atoms. The highest BCUT2D eigenvalue weighted by Gasteiger charge is 2.49. The van der Waals surface area contributed by atoms with E-state index < -0.39 is 55.0 Å². The summed E-state index contributed by atoms with van der Waals surface area (Å²) in [6.07, 6.45) is -1.94. The van der Waals surface area contributed by atoms with Crippen LogP contribution in [0.5, 0.6) is 0 Å². The number of amides is 1. The monoisotopic (exact) mass is 380 g/mol. The molecule has 0 fully saturated rings. The van der Waals surface area contributed by atoms with E-state index in [1.54, 1.807) is 0 Å². The molecule has 3 unspecified atom stereocenters. The van der Waals surface area contributed by atoms with Crippen LogP contribution in [0.15, 0.2) is 0 Å². The third kappa shape index (κ3) is 8.03. The molecule has 0 spiro atoms. The highest BCUT2D eigenvalue weighted by Crippen LogP contribution is 2.28. The normalized spacial score (nSPS) is 15.8. The number of rotatable bonds is 16. The van der Waals surface area contributed by atoms with Crippen molar-refractivity contribution in [2.75, 3.05) is 45.9 Å². The number of aliphatic carboxylic acids is 2. The number of hydrogen-bond acceptors (Lipinski definition) is 9. The summed E-state index contributed by atoms with van der Waals surface area (Å²) >= 11 is 0. The van der Waals surface area contributed by atoms with Gasteiger partial charge in [-0.1, -0.05) is 0 Å². The summed E-state index contributed by atoms with van der Waals surface area (Å²) in [7, 11) is 0. The van der Waals surface area contributed by atoms with Crippen LogP contribution in [0.1, 0.15) is 6.42 Å². The molecule has 0 aromatic rings. The van der Waals surface area contributed by atoms with E-state index in [4.69, 9.17) is 15.9 Å². The fraction of sp³-hybridized carbons (Fsp3) is 0.786. The van der Waals surface area contributed by atoms with Crippen LogP contribution in [0.2, 0.25) is 0 Å². The van der Waals surface area contributed by atoms with Crippen LogP contribution in [-0.4, -0.2) is 101 Å². The summed E-state index contributed by atoms with van der Waals surface area (Å²) in [5.41, 5.74) is 3.28. The number of primary amides is 1. The smallest absolute Gasteiger partial charge is 0.321 e. The number of carboxylic acids is 2. The molecule has 1 amide bonds. The molecule has 0 aliphatic heterocycles. The second-order valence-electron chi connectivity index (χ2n) is 5.76. The maximum absolute atomic E-state index is 11.8. The Balaban J connectivity index is 4.65. The molecule has 12 nitrogen and oxygen atoms in total. The highest BCUT2D eigenvalue weighted by atomic mass is 16.4. The number of nitrogens with one attached hydrogen (secondary N) is 3. The predicted octanol–water partition coefficient (Wildman–Crippen LogP) is -4.50. The topological polar surface area (TPSA) is 214 Å². The zero-order valence-corrected chi connectivity index (χ0v) is 14.3. The molecule has 0 heterocycles. The van der Waals surface area contributed by atoms with Crippen LogP contribution >= 0.6 is 0 Å². The van der Waals surface area contributed by atoms with E-state index in [-0.39, 0.29) is 13.1 Å². The van der Waals surface area contributed by atoms with E-state index in [2.05, 4.69) is 16.0 Å². The van der Waals surface area contributed by atoms with Gasteiger partial charge in [0.1, 0.15) is 11.5 Å². The molecular formula is C14H28N4O8. The van der Waals surface area contributed by atoms with E-state index in [0.29, 0.717) is 19.6 Å². The minimum atomic E-state index is -1.99. The number of carboxylic acid groups (broad SMARTS) is 2. The average molecular weight is 380 g/mol. The van der Waals surface area contributed by atoms with Gasteiger partial charge in [0.15, 0.2) is 0 Å². The summed E-state index contributed by atoms with van der Waals surface area (Å²) in [5, 5.41) is 54.1. The van der Waals surface area contributed by atoms with E-state index in [1.807, 2.05) is 0 Å². The first-order valence-corrected chi connectivity index (χ1v) is 8.00. The first-order chi connectivity index (χ1) is 12.2. The van der Waals surface area contributed by atoms with E-state index in [0.717, 1.165) is 0 Å². The van der Waals surface area contributed by atoms with Crippen LogP contribution in [0.4, 0.5) is 0 Å². The van der Waals surface area contributed by atoms with Gasteiger partial charge in [0.05, 0.1) is 25.9 Å². The molecule has 0 saturated carbocycles. The molecule has 12 heteroatoms. The number of carbonyl (C=O) groups is 3. The standard InChI is InChI=1S/C14H28N4O8/c15-13(26)14(8-20,5-9(21)7-19)11(12(24)25)18-4-3-16-1-2-17-6-10(22)23/h9,11,16-21H,1-8H2,(H2,15,26)(H,22,23)(H,24,25). The molecule has 152 valence electrons. The number of nitrogens with two attached hydrogens (primary N) is 1. The Morgan fingerprint density at radius 1 is 1.00 bits per heavy atom. The van der Waals surface area contributed by atoms with Gasteiger partial charge in [0.2, 0.25) is 5.91 Å². The Hall–Kier alpha value is -1.83. The van der Waals surface area contributed by atoms with Gasteiger partial charge in [-0.3, -0.25) is 14.4 Å². The zero-order valence-electron chi connectivity index (χ0n) is 14.3. The third-order valence-corrected chi connectivity index (χ3v) is 3.79. The van der Waals surface area contributed by atoms with Crippen molar-refractivity contribution in [1.82, 2.24) is 16.0 Å². The Morgan fingerprint density at radius 3 is 2.04 bits per heavy atom. The van der Waals surface area contributed by atoms with Crippen molar-refractivity contribution < 1.29 is 39.9 Å². The lowest BCUT2D eigenvalue weighted by atomic mass is 9.75. The van der Waals surface area contributed by atoms with Gasteiger partial charge in [-0.15, -0.1) is 0 Å². The molecule has 10 N–H and O–H groups in total. The molecule has 3 atom stereocenters. The Bertz CT molecular complexity index is 464. The molecule has 0 rings (SSSR count). The fourth-order valence-corrected chi connectivity index (χ4v) is 2.40. The van der Waals surface area contributed by atoms with Crippen LogP contribution < -0.4 is 21.7 Å². The molecule has 0 aliphatic carbocycles. The summed E-state index contributed by atoms with van der Waals surface area (Å²) in [6, 6.07) is -1.57. The maximum atomic E-state index is 11.8. The summed E-state index contributed by atoms with van der Waals surface area (Å²) < 4.78 is 0. The van der Waals surface area contributed by atoms with Gasteiger partial charge in [-0.25, -0.2) is 0 Å². The van der Waals surface area contributed by atoms with E-state index in [1.165, 1.54) is 0 Å². The molecule has 0 aromatic carbocycles. The quantitative estimate of drug-likeness (QED) is 0.116. The second kappa shape index (κ2) is 12.5. The van der Waals surface area contributed by atoms with Crippen molar-refractivity contribution in [3.63, 3.8) is 0 Å². The SMILES string of the molecule is NC(=O)C(CO)(CC(O)CO)C(NCCNCCNCC(=O)O)C(=O)O. The Labute approximate surface area is 150 Å². The number of aliphatic hydroxyl groups excluding tert-OH is 3. The number of aliphatic hydroxyl groups is 3. The van der Waals surface area contributed by atoms with Crippen molar-refractivity contribution in [2.24, 2.45) is 11.1 Å². The minimum absolute atomic E-state index is 0.0974. The first-order valence-electron chi connectivity index (χ1n) is 8.00. The fourth-order valence-electron chi connectivity index (χ4n) is 2.40. The van der Waals surface area contributed by atoms with Crippen molar-refractivity contribution in [1.29, 1.82) is 0 Å². The van der Waals surface area contributed by atoms with E-state index >= 15 is 0 Å². The molecule has 0 radical (unpaired) electrons. The van der Waals surface area contributed by atoms with Crippen LogP contribution in [0.3, 0.4) is 0 Å². The van der Waals surface area contributed by atoms with Crippen molar-refractivity contribution >= 4 is 17.8 Å². The first kappa shape index (κ1) is 24.2. The third-order valence-electron chi connectivity index (χ3n) is 3.79. The van der Waals surface area contributed by atoms with Gasteiger partial charge in [0, 0.05) is 26.2 Å². The minimum Gasteiger partial charge on any atom is -0.480 e. The number of carbonyl (C=O) groups excluding carboxylic acids is 1. The predicted molar refractivity (Wildman–Crippen MR) is 89.2 cm³/mol. The molecule has 0 bridgehead atoms. The lowest BCUT2D eigenvalue weighted by Gasteiger charge is -2.36. The number of hydrogen-bond donors (Lipinski definition) is 9. The second-order valence-corrected chi connectivity index (χ2v) is 5.76. The zero-order chi connectivity index (χ0) is 20.2. The van der Waals surface area contributed by atoms with Gasteiger partial charge in [-0.2, -0.15) is 0 Å².